The molecule has 0 aromatic rings. The fourth-order valence-electron chi connectivity index (χ4n) is 8.80. The lowest BCUT2D eigenvalue weighted by Crippen LogP contribution is -2.61. The van der Waals surface area contributed by atoms with Gasteiger partial charge in [-0.25, -0.2) is 0 Å². The number of esters is 1. The third-order valence-corrected chi connectivity index (χ3v) is 13.5. The maximum absolute atomic E-state index is 13.0. The Hall–Kier alpha value is -2.31. The van der Waals surface area contributed by atoms with E-state index in [1.807, 2.05) is 0 Å². The van der Waals surface area contributed by atoms with Crippen molar-refractivity contribution in [2.75, 3.05) is 33.0 Å². The zero-order valence-electron chi connectivity index (χ0n) is 45.4. The van der Waals surface area contributed by atoms with E-state index < -0.39 is 86.7 Å². The number of ether oxygens (including phenoxy) is 6. The smallest absolute Gasteiger partial charge is 0.306 e. The highest BCUT2D eigenvalue weighted by Crippen LogP contribution is 2.26. The van der Waals surface area contributed by atoms with E-state index in [1.54, 1.807) is 0 Å². The summed E-state index contributed by atoms with van der Waals surface area (Å²) in [4.78, 5) is 13.0. The zero-order chi connectivity index (χ0) is 53.0. The van der Waals surface area contributed by atoms with Crippen LogP contribution in [0.15, 0.2) is 60.8 Å². The number of aliphatic hydroxyl groups is 7. The van der Waals surface area contributed by atoms with Crippen molar-refractivity contribution in [3.8, 4) is 0 Å². The van der Waals surface area contributed by atoms with Gasteiger partial charge in [-0.15, -0.1) is 0 Å². The Morgan fingerprint density at radius 1 is 0.452 bits per heavy atom. The van der Waals surface area contributed by atoms with Gasteiger partial charge >= 0.3 is 5.97 Å². The standard InChI is InChI=1S/C59H104O14/c1-3-5-7-9-11-13-15-17-18-19-20-21-22-23-24-25-26-27-28-29-31-33-35-37-39-41-43-68-45-48(71-51(61)42-40-38-36-34-32-30-16-14-12-10-8-6-4-2)46-69-58-57(67)55(65)53(63)50(73-58)47-70-59-56(66)54(64)52(62)49(44-60)72-59/h8,10,14-17,19-20,22-23,48-50,52-60,62-67H,3-7,9,11-13,18,21,24-47H2,1-2H3/b10-8-,16-14-,17-15-,20-19-,23-22-. The molecule has 11 unspecified atom stereocenters. The molecule has 73 heavy (non-hydrogen) atoms. The lowest BCUT2D eigenvalue weighted by Gasteiger charge is -2.42. The van der Waals surface area contributed by atoms with Gasteiger partial charge in [0.1, 0.15) is 54.9 Å². The van der Waals surface area contributed by atoms with Crippen LogP contribution in [0.5, 0.6) is 0 Å². The average Bonchev–Trinajstić information content (AvgIpc) is 3.39. The molecule has 424 valence electrons. The van der Waals surface area contributed by atoms with Crippen LogP contribution < -0.4 is 0 Å². The maximum atomic E-state index is 13.0. The van der Waals surface area contributed by atoms with Gasteiger partial charge in [-0.05, 0) is 77.0 Å². The molecule has 0 aromatic carbocycles. The largest absolute Gasteiger partial charge is 0.457 e. The topological polar surface area (TPSA) is 214 Å². The fourth-order valence-corrected chi connectivity index (χ4v) is 8.80. The fraction of sp³-hybridized carbons (Fsp3) is 0.814. The van der Waals surface area contributed by atoms with Gasteiger partial charge in [0, 0.05) is 13.0 Å². The monoisotopic (exact) mass is 1040 g/mol. The van der Waals surface area contributed by atoms with E-state index in [0.29, 0.717) is 13.0 Å². The van der Waals surface area contributed by atoms with Crippen molar-refractivity contribution in [3.05, 3.63) is 60.8 Å². The average molecular weight is 1040 g/mol. The summed E-state index contributed by atoms with van der Waals surface area (Å²) in [7, 11) is 0. The minimum Gasteiger partial charge on any atom is -0.457 e. The lowest BCUT2D eigenvalue weighted by atomic mass is 9.98. The molecule has 2 aliphatic heterocycles. The van der Waals surface area contributed by atoms with Crippen molar-refractivity contribution in [3.63, 3.8) is 0 Å². The van der Waals surface area contributed by atoms with E-state index in [-0.39, 0.29) is 19.6 Å². The van der Waals surface area contributed by atoms with Gasteiger partial charge in [0.25, 0.3) is 0 Å². The Balaban J connectivity index is 1.68. The van der Waals surface area contributed by atoms with Crippen LogP contribution in [0.4, 0.5) is 0 Å². The third-order valence-electron chi connectivity index (χ3n) is 13.5. The van der Waals surface area contributed by atoms with Gasteiger partial charge in [0.05, 0.1) is 26.4 Å². The Morgan fingerprint density at radius 3 is 1.38 bits per heavy atom. The highest BCUT2D eigenvalue weighted by atomic mass is 16.7. The first kappa shape index (κ1) is 66.8. The van der Waals surface area contributed by atoms with Gasteiger partial charge in [-0.2, -0.15) is 0 Å². The van der Waals surface area contributed by atoms with E-state index in [2.05, 4.69) is 74.6 Å². The Labute approximate surface area is 441 Å². The minimum atomic E-state index is -1.71. The predicted octanol–water partition coefficient (Wildman–Crippen LogP) is 10.1. The Bertz CT molecular complexity index is 1440. The van der Waals surface area contributed by atoms with Crippen LogP contribution in [0.3, 0.4) is 0 Å². The molecule has 0 spiro atoms. The second kappa shape index (κ2) is 45.8. The number of carbonyl (C=O) groups is 1. The maximum Gasteiger partial charge on any atom is 0.306 e. The van der Waals surface area contributed by atoms with Gasteiger partial charge in [-0.1, -0.05) is 184 Å². The summed E-state index contributed by atoms with van der Waals surface area (Å²) in [6.45, 7) is 3.59. The molecular formula is C59H104O14. The molecule has 2 saturated heterocycles. The molecule has 11 atom stereocenters. The number of hydrogen-bond donors (Lipinski definition) is 7. The summed E-state index contributed by atoms with van der Waals surface area (Å²) in [6.07, 6.45) is 40.0. The second-order valence-corrected chi connectivity index (χ2v) is 20.1. The highest BCUT2D eigenvalue weighted by Gasteiger charge is 2.47. The van der Waals surface area contributed by atoms with Gasteiger partial charge < -0.3 is 64.2 Å². The van der Waals surface area contributed by atoms with Crippen molar-refractivity contribution in [2.45, 2.75) is 274 Å². The molecule has 0 aromatic heterocycles. The molecule has 2 rings (SSSR count). The number of carbonyl (C=O) groups excluding carboxylic acids is 1. The molecule has 14 heteroatoms. The molecule has 0 saturated carbocycles. The van der Waals surface area contributed by atoms with Crippen molar-refractivity contribution < 1.29 is 69.0 Å². The molecule has 0 aliphatic carbocycles. The van der Waals surface area contributed by atoms with Crippen LogP contribution in [0.1, 0.15) is 206 Å². The molecule has 2 aliphatic rings. The van der Waals surface area contributed by atoms with E-state index in [0.717, 1.165) is 83.5 Å². The lowest BCUT2D eigenvalue weighted by molar-refractivity contribution is -0.332. The summed E-state index contributed by atoms with van der Waals surface area (Å²) < 4.78 is 34.3. The molecule has 2 heterocycles. The van der Waals surface area contributed by atoms with Crippen molar-refractivity contribution in [1.29, 1.82) is 0 Å². The van der Waals surface area contributed by atoms with Gasteiger partial charge in [0.2, 0.25) is 0 Å². The molecule has 14 nitrogen and oxygen atoms in total. The third kappa shape index (κ3) is 32.8. The van der Waals surface area contributed by atoms with Crippen LogP contribution in [-0.4, -0.2) is 142 Å². The molecular weight excluding hydrogens is 933 g/mol. The van der Waals surface area contributed by atoms with Crippen LogP contribution in [-0.2, 0) is 33.2 Å². The normalized spacial score (nSPS) is 25.4. The van der Waals surface area contributed by atoms with Gasteiger partial charge in [-0.3, -0.25) is 4.79 Å². The second-order valence-electron chi connectivity index (χ2n) is 20.1. The number of allylic oxidation sites excluding steroid dienone is 10. The first-order valence-corrected chi connectivity index (χ1v) is 28.9. The van der Waals surface area contributed by atoms with E-state index in [4.69, 9.17) is 28.4 Å². The first-order chi connectivity index (χ1) is 35.6. The first-order valence-electron chi connectivity index (χ1n) is 28.9. The van der Waals surface area contributed by atoms with Crippen molar-refractivity contribution in [1.82, 2.24) is 0 Å². The molecule has 7 N–H and O–H groups in total. The van der Waals surface area contributed by atoms with Crippen molar-refractivity contribution >= 4 is 5.97 Å². The highest BCUT2D eigenvalue weighted by molar-refractivity contribution is 5.69. The number of hydrogen-bond acceptors (Lipinski definition) is 14. The van der Waals surface area contributed by atoms with Crippen LogP contribution in [0.25, 0.3) is 0 Å². The SMILES string of the molecule is CCC/C=C\C/C=C\CCCCCCCC(=O)OC(COCCCCCCCCCCCCC/C=C\C/C=C\C/C=C\CCCCCCC)COC1OC(COC2OC(CO)C(O)C(O)C2O)C(O)C(O)C1O. The summed E-state index contributed by atoms with van der Waals surface area (Å²) in [5.41, 5.74) is 0. The molecule has 2 fully saturated rings. The number of rotatable bonds is 46. The Morgan fingerprint density at radius 2 is 0.877 bits per heavy atom. The summed E-state index contributed by atoms with van der Waals surface area (Å²) >= 11 is 0. The summed E-state index contributed by atoms with van der Waals surface area (Å²) in [5.74, 6) is -0.392. The van der Waals surface area contributed by atoms with Gasteiger partial charge in [0.15, 0.2) is 12.6 Å². The van der Waals surface area contributed by atoms with Crippen LogP contribution in [0.2, 0.25) is 0 Å². The molecule has 0 bridgehead atoms. The predicted molar refractivity (Wildman–Crippen MR) is 289 cm³/mol. The number of aliphatic hydroxyl groups excluding tert-OH is 7. The van der Waals surface area contributed by atoms with Crippen molar-refractivity contribution in [2.24, 2.45) is 0 Å². The molecule has 0 amide bonds. The summed E-state index contributed by atoms with van der Waals surface area (Å²) in [6, 6.07) is 0. The Kier molecular flexibility index (Phi) is 42.0. The van der Waals surface area contributed by atoms with Crippen LogP contribution >= 0.6 is 0 Å². The van der Waals surface area contributed by atoms with E-state index in [9.17, 15) is 40.5 Å². The van der Waals surface area contributed by atoms with Crippen LogP contribution in [0, 0.1) is 0 Å². The summed E-state index contributed by atoms with van der Waals surface area (Å²) in [5, 5.41) is 72.3. The quantitative estimate of drug-likeness (QED) is 0.0172. The van der Waals surface area contributed by atoms with E-state index >= 15 is 0 Å². The zero-order valence-corrected chi connectivity index (χ0v) is 45.4. The minimum absolute atomic E-state index is 0.0520. The number of unbranched alkanes of at least 4 members (excludes halogenated alkanes) is 22. The van der Waals surface area contributed by atoms with E-state index in [1.165, 1.54) is 96.3 Å². The molecule has 0 radical (unpaired) electrons.